The Morgan fingerprint density at radius 3 is 2.45 bits per heavy atom. The van der Waals surface area contributed by atoms with Gasteiger partial charge < -0.3 is 5.32 Å². The van der Waals surface area contributed by atoms with Crippen molar-refractivity contribution < 1.29 is 34.8 Å². The number of anilines is 1. The number of alkyl halides is 6. The third-order valence-corrected chi connectivity index (χ3v) is 7.62. The number of hydrogen-bond donors (Lipinski definition) is 1. The van der Waals surface area contributed by atoms with Crippen LogP contribution in [0.3, 0.4) is 0 Å². The Morgan fingerprint density at radius 2 is 1.82 bits per heavy atom. The molecule has 1 N–H and O–H groups in total. The number of nitrogens with zero attached hydrogens (tertiary/aromatic N) is 6. The molecule has 0 atom stereocenters. The maximum Gasteiger partial charge on any atom is 0.419 e. The molecular weight excluding hydrogens is 540 g/mol. The molecule has 1 saturated heterocycles. The van der Waals surface area contributed by atoms with Crippen molar-refractivity contribution in [3.63, 3.8) is 0 Å². The molecule has 3 aromatic rings. The standard InChI is InChI=1S/C22H19F6N7O2S/c23-21(24,25)13-34-12-15(10-31-34)19-18(22(26,27)28)11-30-20(33-19)32-16-4-6-35(7-5-16)38(36,37)17-3-1-2-14(8-17)9-29/h1-3,8,10-12,16H,4-7,13H2,(H,30,32,33). The molecule has 1 aliphatic rings. The van der Waals surface area contributed by atoms with Crippen molar-refractivity contribution in [3.8, 4) is 17.3 Å². The number of sulfonamides is 1. The maximum absolute atomic E-state index is 13.6. The minimum absolute atomic E-state index is 0.0234. The fraction of sp³-hybridized carbons (Fsp3) is 0.364. The van der Waals surface area contributed by atoms with E-state index in [9.17, 15) is 34.8 Å². The van der Waals surface area contributed by atoms with E-state index >= 15 is 0 Å². The van der Waals surface area contributed by atoms with E-state index in [2.05, 4.69) is 20.4 Å². The van der Waals surface area contributed by atoms with Crippen LogP contribution in [0.25, 0.3) is 11.3 Å². The van der Waals surface area contributed by atoms with E-state index in [1.165, 1.54) is 28.6 Å². The molecule has 16 heteroatoms. The molecule has 202 valence electrons. The molecule has 0 amide bonds. The molecule has 0 aliphatic carbocycles. The third-order valence-electron chi connectivity index (χ3n) is 5.73. The summed E-state index contributed by atoms with van der Waals surface area (Å²) in [6.07, 6.45) is -6.72. The second-order valence-electron chi connectivity index (χ2n) is 8.46. The van der Waals surface area contributed by atoms with Gasteiger partial charge in [0.2, 0.25) is 16.0 Å². The van der Waals surface area contributed by atoms with Crippen molar-refractivity contribution in [2.24, 2.45) is 0 Å². The van der Waals surface area contributed by atoms with Crippen molar-refractivity contribution in [2.45, 2.75) is 42.7 Å². The molecule has 0 bridgehead atoms. The van der Waals surface area contributed by atoms with E-state index in [1.807, 2.05) is 6.07 Å². The number of aromatic nitrogens is 4. The summed E-state index contributed by atoms with van der Waals surface area (Å²) in [5.41, 5.74) is -1.95. The largest absolute Gasteiger partial charge is 0.419 e. The molecule has 0 spiro atoms. The number of nitriles is 1. The highest BCUT2D eigenvalue weighted by molar-refractivity contribution is 7.89. The molecule has 0 radical (unpaired) electrons. The van der Waals surface area contributed by atoms with Crippen molar-refractivity contribution in [3.05, 3.63) is 54.0 Å². The lowest BCUT2D eigenvalue weighted by Gasteiger charge is -2.31. The summed E-state index contributed by atoms with van der Waals surface area (Å²) < 4.78 is 106. The molecule has 1 aliphatic heterocycles. The minimum atomic E-state index is -4.87. The van der Waals surface area contributed by atoms with Gasteiger partial charge in [-0.3, -0.25) is 4.68 Å². The molecular formula is C22H19F6N7O2S. The van der Waals surface area contributed by atoms with Gasteiger partial charge in [-0.25, -0.2) is 18.4 Å². The summed E-state index contributed by atoms with van der Waals surface area (Å²) in [5.74, 6) is -0.195. The first kappa shape index (κ1) is 27.3. The topological polar surface area (TPSA) is 117 Å². The van der Waals surface area contributed by atoms with Gasteiger partial charge in [-0.05, 0) is 31.0 Å². The zero-order valence-electron chi connectivity index (χ0n) is 19.3. The highest BCUT2D eigenvalue weighted by atomic mass is 32.2. The molecule has 4 rings (SSSR count). The number of benzene rings is 1. The highest BCUT2D eigenvalue weighted by Crippen LogP contribution is 2.36. The molecule has 0 saturated carbocycles. The second-order valence-corrected chi connectivity index (χ2v) is 10.4. The number of rotatable bonds is 6. The highest BCUT2D eigenvalue weighted by Gasteiger charge is 2.37. The van der Waals surface area contributed by atoms with E-state index in [-0.39, 0.29) is 53.9 Å². The van der Waals surface area contributed by atoms with Gasteiger partial charge in [0.15, 0.2) is 0 Å². The lowest BCUT2D eigenvalue weighted by molar-refractivity contribution is -0.142. The number of piperidine rings is 1. The maximum atomic E-state index is 13.6. The third kappa shape index (κ3) is 6.22. The van der Waals surface area contributed by atoms with Crippen LogP contribution < -0.4 is 5.32 Å². The van der Waals surface area contributed by atoms with Gasteiger partial charge in [0, 0.05) is 37.1 Å². The molecule has 1 fully saturated rings. The van der Waals surface area contributed by atoms with E-state index in [0.717, 1.165) is 12.4 Å². The van der Waals surface area contributed by atoms with Crippen molar-refractivity contribution in [1.82, 2.24) is 24.1 Å². The predicted molar refractivity (Wildman–Crippen MR) is 121 cm³/mol. The lowest BCUT2D eigenvalue weighted by Crippen LogP contribution is -2.42. The average Bonchev–Trinajstić information content (AvgIpc) is 3.30. The fourth-order valence-corrected chi connectivity index (χ4v) is 5.45. The Bertz CT molecular complexity index is 1460. The Labute approximate surface area is 212 Å². The number of halogens is 6. The molecule has 3 heterocycles. The number of nitrogens with one attached hydrogen (secondary N) is 1. The van der Waals surface area contributed by atoms with Crippen LogP contribution in [0.2, 0.25) is 0 Å². The Kier molecular flexibility index (Phi) is 7.35. The van der Waals surface area contributed by atoms with Gasteiger partial charge in [-0.1, -0.05) is 6.07 Å². The van der Waals surface area contributed by atoms with Gasteiger partial charge in [0.25, 0.3) is 0 Å². The van der Waals surface area contributed by atoms with E-state index < -0.39 is 40.2 Å². The van der Waals surface area contributed by atoms with Gasteiger partial charge in [-0.2, -0.15) is 41.0 Å². The van der Waals surface area contributed by atoms with Gasteiger partial charge in [-0.15, -0.1) is 0 Å². The smallest absolute Gasteiger partial charge is 0.351 e. The summed E-state index contributed by atoms with van der Waals surface area (Å²) in [6, 6.07) is 7.10. The van der Waals surface area contributed by atoms with Crippen molar-refractivity contribution in [1.29, 1.82) is 5.26 Å². The monoisotopic (exact) mass is 559 g/mol. The zero-order chi connectivity index (χ0) is 27.7. The predicted octanol–water partition coefficient (Wildman–Crippen LogP) is 4.06. The molecule has 2 aromatic heterocycles. The van der Waals surface area contributed by atoms with Crippen LogP contribution in [0, 0.1) is 11.3 Å². The van der Waals surface area contributed by atoms with Gasteiger partial charge in [0.05, 0.1) is 28.4 Å². The summed E-state index contributed by atoms with van der Waals surface area (Å²) in [6.45, 7) is -1.30. The molecule has 9 nitrogen and oxygen atoms in total. The number of hydrogen-bond acceptors (Lipinski definition) is 7. The summed E-state index contributed by atoms with van der Waals surface area (Å²) in [7, 11) is -3.86. The van der Waals surface area contributed by atoms with Gasteiger partial charge in [0.1, 0.15) is 12.1 Å². The second kappa shape index (κ2) is 10.2. The van der Waals surface area contributed by atoms with E-state index in [0.29, 0.717) is 10.9 Å². The molecule has 1 aromatic carbocycles. The summed E-state index contributed by atoms with van der Waals surface area (Å²) >= 11 is 0. The van der Waals surface area contributed by atoms with Gasteiger partial charge >= 0.3 is 12.4 Å². The average molecular weight is 559 g/mol. The Hall–Kier alpha value is -3.71. The van der Waals surface area contributed by atoms with Crippen molar-refractivity contribution in [2.75, 3.05) is 18.4 Å². The van der Waals surface area contributed by atoms with Crippen LogP contribution >= 0.6 is 0 Å². The van der Waals surface area contributed by atoms with Crippen molar-refractivity contribution >= 4 is 16.0 Å². The minimum Gasteiger partial charge on any atom is -0.351 e. The fourth-order valence-electron chi connectivity index (χ4n) is 3.93. The summed E-state index contributed by atoms with van der Waals surface area (Å²) in [5, 5.41) is 15.4. The van der Waals surface area contributed by atoms with Crippen LogP contribution in [0.5, 0.6) is 0 Å². The van der Waals surface area contributed by atoms with E-state index in [4.69, 9.17) is 5.26 Å². The SMILES string of the molecule is N#Cc1cccc(S(=O)(=O)N2CCC(Nc3ncc(C(F)(F)F)c(-c4cnn(CC(F)(F)F)c4)n3)CC2)c1. The first-order chi connectivity index (χ1) is 17.8. The van der Waals surface area contributed by atoms with Crippen LogP contribution in [0.1, 0.15) is 24.0 Å². The Balaban J connectivity index is 1.50. The zero-order valence-corrected chi connectivity index (χ0v) is 20.1. The first-order valence-electron chi connectivity index (χ1n) is 11.1. The van der Waals surface area contributed by atoms with E-state index in [1.54, 1.807) is 0 Å². The first-order valence-corrected chi connectivity index (χ1v) is 12.5. The Morgan fingerprint density at radius 1 is 1.11 bits per heavy atom. The van der Waals surface area contributed by atoms with Crippen LogP contribution in [0.4, 0.5) is 32.3 Å². The van der Waals surface area contributed by atoms with Crippen LogP contribution in [0.15, 0.2) is 47.8 Å². The van der Waals surface area contributed by atoms with Crippen LogP contribution in [-0.2, 0) is 22.7 Å². The van der Waals surface area contributed by atoms with Crippen LogP contribution in [-0.4, -0.2) is 57.8 Å². The lowest BCUT2D eigenvalue weighted by atomic mass is 10.1. The summed E-state index contributed by atoms with van der Waals surface area (Å²) in [4.78, 5) is 7.60. The molecule has 38 heavy (non-hydrogen) atoms. The molecule has 0 unspecified atom stereocenters. The quantitative estimate of drug-likeness (QED) is 0.453. The normalized spacial score (nSPS) is 15.8.